The van der Waals surface area contributed by atoms with Crippen molar-refractivity contribution in [2.24, 2.45) is 0 Å². The van der Waals surface area contributed by atoms with Gasteiger partial charge in [0.1, 0.15) is 16.7 Å². The molecule has 1 N–H and O–H groups in total. The number of thioether (sulfide) groups is 1. The zero-order valence-corrected chi connectivity index (χ0v) is 13.6. The molecule has 118 valence electrons. The molecule has 2 rings (SSSR count). The summed E-state index contributed by atoms with van der Waals surface area (Å²) in [5, 5.41) is 7.02. The molecular weight excluding hydrogens is 306 g/mol. The van der Waals surface area contributed by atoms with Crippen LogP contribution in [0.3, 0.4) is 0 Å². The maximum atomic E-state index is 11.4. The van der Waals surface area contributed by atoms with Gasteiger partial charge in [-0.2, -0.15) is 0 Å². The van der Waals surface area contributed by atoms with Crippen molar-refractivity contribution in [2.45, 2.75) is 17.3 Å². The molecule has 0 saturated carbocycles. The highest BCUT2D eigenvalue weighted by Gasteiger charge is 2.18. The molecule has 7 nitrogen and oxygen atoms in total. The van der Waals surface area contributed by atoms with Crippen LogP contribution in [0.5, 0.6) is 11.5 Å². The monoisotopic (exact) mass is 323 g/mol. The number of aromatic amines is 1. The van der Waals surface area contributed by atoms with Crippen LogP contribution >= 0.6 is 11.8 Å². The van der Waals surface area contributed by atoms with Crippen LogP contribution in [0, 0.1) is 0 Å². The standard InChI is InChI=1S/C14H17N3O4S/c1-8(13(18)21-4)22-14-15-12(16-17-14)10-6-5-9(19-2)7-11(10)20-3/h5-8H,1-4H3,(H,15,16,17). The Morgan fingerprint density at radius 2 is 2.05 bits per heavy atom. The van der Waals surface area contributed by atoms with E-state index in [4.69, 9.17) is 9.47 Å². The Hall–Kier alpha value is -2.22. The number of rotatable bonds is 6. The van der Waals surface area contributed by atoms with Crippen molar-refractivity contribution in [1.29, 1.82) is 0 Å². The second kappa shape index (κ2) is 7.17. The van der Waals surface area contributed by atoms with Crippen LogP contribution in [-0.4, -0.2) is 47.7 Å². The van der Waals surface area contributed by atoms with Crippen LogP contribution in [0.15, 0.2) is 23.4 Å². The average Bonchev–Trinajstić information content (AvgIpc) is 3.01. The van der Waals surface area contributed by atoms with E-state index in [9.17, 15) is 4.79 Å². The Bertz CT molecular complexity index is 659. The fourth-order valence-corrected chi connectivity index (χ4v) is 2.54. The SMILES string of the molecule is COC(=O)C(C)Sc1n[nH]c(-c2ccc(OC)cc2OC)n1. The number of nitrogens with one attached hydrogen (secondary N) is 1. The van der Waals surface area contributed by atoms with Gasteiger partial charge in [-0.3, -0.25) is 9.89 Å². The normalized spacial score (nSPS) is 11.8. The quantitative estimate of drug-likeness (QED) is 0.644. The molecule has 22 heavy (non-hydrogen) atoms. The fourth-order valence-electron chi connectivity index (χ4n) is 1.79. The molecule has 0 fully saturated rings. The molecule has 0 radical (unpaired) electrons. The number of nitrogens with zero attached hydrogens (tertiary/aromatic N) is 2. The Balaban J connectivity index is 2.23. The predicted octanol–water partition coefficient (Wildman–Crippen LogP) is 2.14. The Labute approximate surface area is 132 Å². The van der Waals surface area contributed by atoms with Gasteiger partial charge < -0.3 is 14.2 Å². The van der Waals surface area contributed by atoms with Crippen LogP contribution in [0.4, 0.5) is 0 Å². The van der Waals surface area contributed by atoms with E-state index in [1.54, 1.807) is 27.2 Å². The van der Waals surface area contributed by atoms with Gasteiger partial charge in [-0.1, -0.05) is 11.8 Å². The van der Waals surface area contributed by atoms with E-state index in [0.29, 0.717) is 22.5 Å². The van der Waals surface area contributed by atoms with E-state index < -0.39 is 0 Å². The lowest BCUT2D eigenvalue weighted by molar-refractivity contribution is -0.139. The number of hydrogen-bond donors (Lipinski definition) is 1. The van der Waals surface area contributed by atoms with Gasteiger partial charge in [-0.15, -0.1) is 5.10 Å². The van der Waals surface area contributed by atoms with Gasteiger partial charge in [0.15, 0.2) is 5.82 Å². The van der Waals surface area contributed by atoms with Gasteiger partial charge in [0.05, 0.1) is 26.9 Å². The van der Waals surface area contributed by atoms with Crippen molar-refractivity contribution in [2.75, 3.05) is 21.3 Å². The third kappa shape index (κ3) is 3.51. The number of benzene rings is 1. The lowest BCUT2D eigenvalue weighted by Gasteiger charge is -2.08. The summed E-state index contributed by atoms with van der Waals surface area (Å²) in [4.78, 5) is 15.8. The third-order valence-electron chi connectivity index (χ3n) is 2.94. The maximum absolute atomic E-state index is 11.4. The first-order valence-electron chi connectivity index (χ1n) is 6.48. The van der Waals surface area contributed by atoms with Crippen LogP contribution < -0.4 is 9.47 Å². The first kappa shape index (κ1) is 16.2. The summed E-state index contributed by atoms with van der Waals surface area (Å²) in [6.07, 6.45) is 0. The maximum Gasteiger partial charge on any atom is 0.318 e. The minimum Gasteiger partial charge on any atom is -0.497 e. The van der Waals surface area contributed by atoms with Crippen molar-refractivity contribution in [3.05, 3.63) is 18.2 Å². The minimum absolute atomic E-state index is 0.321. The zero-order chi connectivity index (χ0) is 16.1. The number of carbonyl (C=O) groups is 1. The number of esters is 1. The number of methoxy groups -OCH3 is 3. The molecule has 0 amide bonds. The molecular formula is C14H17N3O4S. The molecule has 1 unspecified atom stereocenters. The first-order valence-corrected chi connectivity index (χ1v) is 7.36. The second-order valence-corrected chi connectivity index (χ2v) is 5.62. The summed E-state index contributed by atoms with van der Waals surface area (Å²) in [7, 11) is 4.51. The van der Waals surface area contributed by atoms with E-state index in [1.165, 1.54) is 18.9 Å². The zero-order valence-electron chi connectivity index (χ0n) is 12.7. The van der Waals surface area contributed by atoms with Crippen molar-refractivity contribution < 1.29 is 19.0 Å². The van der Waals surface area contributed by atoms with Gasteiger partial charge in [0, 0.05) is 6.07 Å². The van der Waals surface area contributed by atoms with Crippen molar-refractivity contribution in [3.63, 3.8) is 0 Å². The Morgan fingerprint density at radius 1 is 1.27 bits per heavy atom. The van der Waals surface area contributed by atoms with Crippen LogP contribution in [-0.2, 0) is 9.53 Å². The fraction of sp³-hybridized carbons (Fsp3) is 0.357. The van der Waals surface area contributed by atoms with Gasteiger partial charge in [0.25, 0.3) is 0 Å². The molecule has 0 aliphatic carbocycles. The van der Waals surface area contributed by atoms with E-state index in [1.807, 2.05) is 12.1 Å². The topological polar surface area (TPSA) is 86.3 Å². The molecule has 0 spiro atoms. The number of carbonyl (C=O) groups excluding carboxylic acids is 1. The first-order chi connectivity index (χ1) is 10.6. The average molecular weight is 323 g/mol. The van der Waals surface area contributed by atoms with Crippen LogP contribution in [0.25, 0.3) is 11.4 Å². The van der Waals surface area contributed by atoms with Gasteiger partial charge in [0.2, 0.25) is 5.16 Å². The number of ether oxygens (including phenoxy) is 3. The molecule has 2 aromatic rings. The minimum atomic E-state index is -0.383. The van der Waals surface area contributed by atoms with Crippen molar-refractivity contribution >= 4 is 17.7 Å². The molecule has 0 aliphatic heterocycles. The van der Waals surface area contributed by atoms with Gasteiger partial charge in [-0.25, -0.2) is 4.98 Å². The molecule has 8 heteroatoms. The third-order valence-corrected chi connectivity index (χ3v) is 3.88. The Kier molecular flexibility index (Phi) is 5.26. The highest BCUT2D eigenvalue weighted by Crippen LogP contribution is 2.32. The number of hydrogen-bond acceptors (Lipinski definition) is 7. The summed E-state index contributed by atoms with van der Waals surface area (Å²) in [6, 6.07) is 5.41. The summed E-state index contributed by atoms with van der Waals surface area (Å²) in [6.45, 7) is 1.74. The molecule has 0 saturated heterocycles. The lowest BCUT2D eigenvalue weighted by atomic mass is 10.2. The molecule has 1 aromatic carbocycles. The van der Waals surface area contributed by atoms with Crippen LogP contribution in [0.2, 0.25) is 0 Å². The summed E-state index contributed by atoms with van der Waals surface area (Å²) in [5.41, 5.74) is 0.758. The summed E-state index contributed by atoms with van der Waals surface area (Å²) >= 11 is 1.22. The van der Waals surface area contributed by atoms with Crippen molar-refractivity contribution in [3.8, 4) is 22.9 Å². The van der Waals surface area contributed by atoms with Gasteiger partial charge >= 0.3 is 5.97 Å². The largest absolute Gasteiger partial charge is 0.497 e. The summed E-state index contributed by atoms with van der Waals surface area (Å²) < 4.78 is 15.2. The molecule has 0 bridgehead atoms. The summed E-state index contributed by atoms with van der Waals surface area (Å²) in [5.74, 6) is 1.54. The molecule has 0 aliphatic rings. The second-order valence-electron chi connectivity index (χ2n) is 4.32. The highest BCUT2D eigenvalue weighted by atomic mass is 32.2. The molecule has 1 heterocycles. The van der Waals surface area contributed by atoms with E-state index in [2.05, 4.69) is 19.9 Å². The van der Waals surface area contributed by atoms with Gasteiger partial charge in [-0.05, 0) is 19.1 Å². The number of aromatic nitrogens is 3. The van der Waals surface area contributed by atoms with Crippen LogP contribution in [0.1, 0.15) is 6.92 Å². The molecule has 1 aromatic heterocycles. The highest BCUT2D eigenvalue weighted by molar-refractivity contribution is 8.00. The molecule has 1 atom stereocenters. The lowest BCUT2D eigenvalue weighted by Crippen LogP contribution is -2.14. The van der Waals surface area contributed by atoms with E-state index in [-0.39, 0.29) is 11.2 Å². The smallest absolute Gasteiger partial charge is 0.318 e. The van der Waals surface area contributed by atoms with E-state index in [0.717, 1.165) is 5.56 Å². The predicted molar refractivity (Wildman–Crippen MR) is 82.3 cm³/mol. The van der Waals surface area contributed by atoms with Crippen molar-refractivity contribution in [1.82, 2.24) is 15.2 Å². The van der Waals surface area contributed by atoms with E-state index >= 15 is 0 Å². The number of H-pyrrole nitrogens is 1. The Morgan fingerprint density at radius 3 is 2.68 bits per heavy atom.